The Morgan fingerprint density at radius 1 is 0.567 bits per heavy atom. The van der Waals surface area contributed by atoms with Gasteiger partial charge in [-0.15, -0.1) is 0 Å². The molecule has 3 N–H and O–H groups in total. The predicted molar refractivity (Wildman–Crippen MR) is 258 cm³/mol. The number of hydrogen-bond acceptors (Lipinski definition) is 5. The highest BCUT2D eigenvalue weighted by atomic mass is 31.2. The lowest BCUT2D eigenvalue weighted by Crippen LogP contribution is -2.46. The molecule has 0 rings (SSSR count). The van der Waals surface area contributed by atoms with Crippen LogP contribution in [0.3, 0.4) is 0 Å². The number of quaternary nitrogens is 1. The quantitative estimate of drug-likeness (QED) is 0.0244. The summed E-state index contributed by atoms with van der Waals surface area (Å²) in [6, 6.07) is -0.817. The van der Waals surface area contributed by atoms with Gasteiger partial charge < -0.3 is 19.8 Å². The van der Waals surface area contributed by atoms with Crippen LogP contribution in [0.25, 0.3) is 0 Å². The zero-order valence-electron chi connectivity index (χ0n) is 39.7. The molecule has 0 bridgehead atoms. The van der Waals surface area contributed by atoms with Crippen molar-refractivity contribution in [3.63, 3.8) is 0 Å². The number of amides is 1. The Hall–Kier alpha value is -1.80. The van der Waals surface area contributed by atoms with Gasteiger partial charge in [-0.3, -0.25) is 13.8 Å². The van der Waals surface area contributed by atoms with Crippen LogP contribution < -0.4 is 5.32 Å². The smallest absolute Gasteiger partial charge is 0.391 e. The van der Waals surface area contributed by atoms with Crippen LogP contribution in [0.15, 0.2) is 60.8 Å². The molecule has 0 aliphatic carbocycles. The summed E-state index contributed by atoms with van der Waals surface area (Å²) in [5.74, 6) is -0.271. The molecule has 0 saturated carbocycles. The van der Waals surface area contributed by atoms with Crippen LogP contribution in [0, 0.1) is 0 Å². The fourth-order valence-electron chi connectivity index (χ4n) is 6.94. The maximum Gasteiger partial charge on any atom is 0.472 e. The molecule has 350 valence electrons. The Balaban J connectivity index is 4.34. The molecule has 0 aromatic heterocycles. The summed E-state index contributed by atoms with van der Waals surface area (Å²) >= 11 is 0. The second-order valence-electron chi connectivity index (χ2n) is 17.8. The second-order valence-corrected chi connectivity index (χ2v) is 19.3. The van der Waals surface area contributed by atoms with Crippen LogP contribution in [-0.4, -0.2) is 73.4 Å². The van der Waals surface area contributed by atoms with Crippen molar-refractivity contribution in [1.29, 1.82) is 0 Å². The summed E-state index contributed by atoms with van der Waals surface area (Å²) in [5.41, 5.74) is 0. The summed E-state index contributed by atoms with van der Waals surface area (Å²) in [4.78, 5) is 23.1. The summed E-state index contributed by atoms with van der Waals surface area (Å²) in [7, 11) is 1.56. The number of rotatable bonds is 44. The van der Waals surface area contributed by atoms with Gasteiger partial charge in [0.15, 0.2) is 0 Å². The predicted octanol–water partition coefficient (Wildman–Crippen LogP) is 14.2. The number of phosphoric ester groups is 1. The van der Waals surface area contributed by atoms with Crippen LogP contribution in [0.2, 0.25) is 0 Å². The van der Waals surface area contributed by atoms with Crippen LogP contribution in [-0.2, 0) is 18.4 Å². The Morgan fingerprint density at radius 2 is 0.933 bits per heavy atom. The first-order chi connectivity index (χ1) is 29.0. The van der Waals surface area contributed by atoms with Crippen LogP contribution in [0.4, 0.5) is 0 Å². The molecule has 3 atom stereocenters. The SMILES string of the molecule is CC/C=C\C/C=C\C/C=C\C/C=C\C/C=C\CC(=O)NC(COP(=O)(O)OCC[N+](C)(C)C)C(O)CCCCCCCCCCCCCCCCCCCCCCCCC. The van der Waals surface area contributed by atoms with Crippen molar-refractivity contribution >= 4 is 13.7 Å². The summed E-state index contributed by atoms with van der Waals surface area (Å²) < 4.78 is 23.6. The zero-order valence-corrected chi connectivity index (χ0v) is 40.6. The standard InChI is InChI=1S/C51H95N2O6P/c1-6-8-10-12-14-16-18-20-22-23-24-25-26-27-28-29-31-32-34-36-38-40-42-44-50(54)49(48-59-60(56,57)58-47-46-53(3,4)5)52-51(55)45-43-41-39-37-35-33-30-21-19-17-15-13-11-9-7-2/h9,11,15,17,21,30,35,37,41,43,49-50,54H,6-8,10,12-14,16,18-20,22-29,31-34,36,38-40,42,44-48H2,1-5H3,(H-,52,55,56,57)/p+1/b11-9-,17-15-,30-21-,37-35-,43-41-. The van der Waals surface area contributed by atoms with E-state index in [-0.39, 0.29) is 25.5 Å². The van der Waals surface area contributed by atoms with Crippen molar-refractivity contribution in [2.24, 2.45) is 0 Å². The average Bonchev–Trinajstić information content (AvgIpc) is 3.20. The van der Waals surface area contributed by atoms with Crippen molar-refractivity contribution < 1.29 is 32.9 Å². The fourth-order valence-corrected chi connectivity index (χ4v) is 7.67. The maximum absolute atomic E-state index is 12.8. The van der Waals surface area contributed by atoms with Crippen molar-refractivity contribution in [1.82, 2.24) is 5.32 Å². The molecule has 1 amide bonds. The summed E-state index contributed by atoms with van der Waals surface area (Å²) in [5, 5.41) is 13.9. The van der Waals surface area contributed by atoms with Crippen LogP contribution in [0.5, 0.6) is 0 Å². The van der Waals surface area contributed by atoms with E-state index in [2.05, 4.69) is 67.8 Å². The highest BCUT2D eigenvalue weighted by molar-refractivity contribution is 7.47. The molecule has 0 aliphatic heterocycles. The maximum atomic E-state index is 12.8. The highest BCUT2D eigenvalue weighted by Gasteiger charge is 2.28. The van der Waals surface area contributed by atoms with E-state index in [1.54, 1.807) is 0 Å². The van der Waals surface area contributed by atoms with E-state index in [9.17, 15) is 19.4 Å². The molecule has 0 aliphatic rings. The second kappa shape index (κ2) is 42.5. The van der Waals surface area contributed by atoms with E-state index < -0.39 is 20.0 Å². The lowest BCUT2D eigenvalue weighted by Gasteiger charge is -2.26. The minimum atomic E-state index is -4.34. The minimum Gasteiger partial charge on any atom is -0.391 e. The molecule has 9 heteroatoms. The lowest BCUT2D eigenvalue weighted by molar-refractivity contribution is -0.870. The largest absolute Gasteiger partial charge is 0.472 e. The first-order valence-corrected chi connectivity index (χ1v) is 26.1. The molecule has 0 aromatic rings. The van der Waals surface area contributed by atoms with Gasteiger partial charge in [0.25, 0.3) is 0 Å². The van der Waals surface area contributed by atoms with E-state index in [1.807, 2.05) is 33.3 Å². The van der Waals surface area contributed by atoms with Gasteiger partial charge in [0.2, 0.25) is 5.91 Å². The Bertz CT molecular complexity index is 1160. The molecule has 3 unspecified atom stereocenters. The molecule has 60 heavy (non-hydrogen) atoms. The molecule has 0 heterocycles. The lowest BCUT2D eigenvalue weighted by atomic mass is 10.0. The monoisotopic (exact) mass is 864 g/mol. The molecular weight excluding hydrogens is 768 g/mol. The molecule has 0 spiro atoms. The van der Waals surface area contributed by atoms with E-state index in [0.717, 1.165) is 51.4 Å². The average molecular weight is 864 g/mol. The Morgan fingerprint density at radius 3 is 1.32 bits per heavy atom. The molecule has 8 nitrogen and oxygen atoms in total. The third-order valence-electron chi connectivity index (χ3n) is 10.8. The Kier molecular flexibility index (Phi) is 41.2. The molecule has 0 aromatic carbocycles. The zero-order chi connectivity index (χ0) is 44.3. The number of phosphoric acid groups is 1. The van der Waals surface area contributed by atoms with E-state index in [1.165, 1.54) is 128 Å². The van der Waals surface area contributed by atoms with E-state index in [0.29, 0.717) is 17.4 Å². The fraction of sp³-hybridized carbons (Fsp3) is 0.784. The van der Waals surface area contributed by atoms with Gasteiger partial charge in [0.05, 0.1) is 39.9 Å². The van der Waals surface area contributed by atoms with Gasteiger partial charge in [-0.05, 0) is 38.5 Å². The highest BCUT2D eigenvalue weighted by Crippen LogP contribution is 2.43. The number of hydrogen-bond donors (Lipinski definition) is 3. The molecule has 0 fully saturated rings. The Labute approximate surface area is 371 Å². The minimum absolute atomic E-state index is 0.0560. The first kappa shape index (κ1) is 58.2. The van der Waals surface area contributed by atoms with Gasteiger partial charge in [-0.1, -0.05) is 222 Å². The van der Waals surface area contributed by atoms with Gasteiger partial charge in [-0.25, -0.2) is 4.57 Å². The summed E-state index contributed by atoms with van der Waals surface area (Å²) in [6.45, 7) is 4.70. The first-order valence-electron chi connectivity index (χ1n) is 24.7. The number of aliphatic hydroxyl groups excluding tert-OH is 1. The number of allylic oxidation sites excluding steroid dienone is 9. The molecule has 0 radical (unpaired) electrons. The van der Waals surface area contributed by atoms with Crippen molar-refractivity contribution in [3.05, 3.63) is 60.8 Å². The van der Waals surface area contributed by atoms with Crippen molar-refractivity contribution in [2.75, 3.05) is 40.9 Å². The number of likely N-dealkylation sites (N-methyl/N-ethyl adjacent to an activating group) is 1. The van der Waals surface area contributed by atoms with Crippen LogP contribution >= 0.6 is 7.82 Å². The van der Waals surface area contributed by atoms with Gasteiger partial charge in [0, 0.05) is 6.42 Å². The summed E-state index contributed by atoms with van der Waals surface area (Å²) in [6.07, 6.45) is 55.8. The number of nitrogens with zero attached hydrogens (tertiary/aromatic N) is 1. The molecule has 0 saturated heterocycles. The van der Waals surface area contributed by atoms with Gasteiger partial charge in [-0.2, -0.15) is 0 Å². The van der Waals surface area contributed by atoms with Gasteiger partial charge in [0.1, 0.15) is 13.2 Å². The third-order valence-corrected chi connectivity index (χ3v) is 11.8. The number of aliphatic hydroxyl groups is 1. The topological polar surface area (TPSA) is 105 Å². The third kappa shape index (κ3) is 44.3. The van der Waals surface area contributed by atoms with Gasteiger partial charge >= 0.3 is 7.82 Å². The van der Waals surface area contributed by atoms with Crippen molar-refractivity contribution in [3.8, 4) is 0 Å². The van der Waals surface area contributed by atoms with E-state index in [4.69, 9.17) is 9.05 Å². The number of nitrogens with one attached hydrogen (secondary N) is 1. The molecular formula is C51H96N2O6P+. The van der Waals surface area contributed by atoms with Crippen LogP contribution in [0.1, 0.15) is 206 Å². The number of unbranched alkanes of at least 4 members (excludes halogenated alkanes) is 22. The number of carbonyl (C=O) groups is 1. The van der Waals surface area contributed by atoms with Crippen molar-refractivity contribution in [2.45, 2.75) is 219 Å². The van der Waals surface area contributed by atoms with E-state index >= 15 is 0 Å². The normalized spacial score (nSPS) is 14.7. The number of carbonyl (C=O) groups excluding carboxylic acids is 1.